The third kappa shape index (κ3) is 3.13. The summed E-state index contributed by atoms with van der Waals surface area (Å²) in [7, 11) is 4.10. The molecule has 0 saturated carbocycles. The van der Waals surface area contributed by atoms with Crippen molar-refractivity contribution in [1.82, 2.24) is 24.8 Å². The lowest BCUT2D eigenvalue weighted by molar-refractivity contribution is 0.620. The van der Waals surface area contributed by atoms with E-state index in [1.165, 1.54) is 5.56 Å². The van der Waals surface area contributed by atoms with Crippen LogP contribution in [0.15, 0.2) is 42.7 Å². The predicted octanol–water partition coefficient (Wildman–Crippen LogP) is 2.16. The zero-order valence-corrected chi connectivity index (χ0v) is 14.6. The molecular formula is C19H22N6. The van der Waals surface area contributed by atoms with Gasteiger partial charge in [0.25, 0.3) is 0 Å². The molecule has 0 spiro atoms. The van der Waals surface area contributed by atoms with Crippen LogP contribution >= 0.6 is 0 Å². The summed E-state index contributed by atoms with van der Waals surface area (Å²) in [5.41, 5.74) is 3.39. The van der Waals surface area contributed by atoms with Crippen molar-refractivity contribution in [2.24, 2.45) is 7.05 Å². The molecule has 25 heavy (non-hydrogen) atoms. The molecule has 0 saturated heterocycles. The van der Waals surface area contributed by atoms with E-state index in [4.69, 9.17) is 9.97 Å². The first-order chi connectivity index (χ1) is 12.2. The van der Waals surface area contributed by atoms with E-state index < -0.39 is 0 Å². The van der Waals surface area contributed by atoms with Gasteiger partial charge in [0.05, 0.1) is 12.2 Å². The highest BCUT2D eigenvalue weighted by atomic mass is 15.2. The highest BCUT2D eigenvalue weighted by Gasteiger charge is 2.21. The lowest BCUT2D eigenvalue weighted by atomic mass is 10.1. The minimum absolute atomic E-state index is 0.717. The molecule has 6 nitrogen and oxygen atoms in total. The number of nitrogens with zero attached hydrogens (tertiary/aromatic N) is 5. The maximum absolute atomic E-state index is 4.92. The van der Waals surface area contributed by atoms with Gasteiger partial charge in [0, 0.05) is 44.2 Å². The minimum Gasteiger partial charge on any atom is -0.352 e. The van der Waals surface area contributed by atoms with Crippen LogP contribution in [0.2, 0.25) is 0 Å². The van der Waals surface area contributed by atoms with E-state index in [0.29, 0.717) is 6.54 Å². The number of imidazole rings is 1. The van der Waals surface area contributed by atoms with Crippen LogP contribution in [0, 0.1) is 0 Å². The number of anilines is 1. The molecule has 0 unspecified atom stereocenters. The summed E-state index contributed by atoms with van der Waals surface area (Å²) in [5.74, 6) is 2.81. The van der Waals surface area contributed by atoms with Crippen LogP contribution in [-0.2, 0) is 26.6 Å². The van der Waals surface area contributed by atoms with Gasteiger partial charge in [0.2, 0.25) is 0 Å². The molecule has 3 aromatic rings. The topological polar surface area (TPSA) is 58.9 Å². The molecule has 0 radical (unpaired) electrons. The van der Waals surface area contributed by atoms with Crippen LogP contribution in [0.25, 0.3) is 11.4 Å². The Balaban J connectivity index is 1.76. The van der Waals surface area contributed by atoms with Crippen LogP contribution < -0.4 is 10.2 Å². The highest BCUT2D eigenvalue weighted by molar-refractivity contribution is 5.60. The van der Waals surface area contributed by atoms with Crippen LogP contribution in [0.4, 0.5) is 5.82 Å². The minimum atomic E-state index is 0.717. The Morgan fingerprint density at radius 2 is 2.04 bits per heavy atom. The lowest BCUT2D eigenvalue weighted by Crippen LogP contribution is -2.29. The summed E-state index contributed by atoms with van der Waals surface area (Å²) in [6, 6.07) is 10.2. The van der Waals surface area contributed by atoms with E-state index in [-0.39, 0.29) is 0 Å². The fourth-order valence-corrected chi connectivity index (χ4v) is 3.21. The molecule has 0 bridgehead atoms. The Bertz CT molecular complexity index is 871. The first kappa shape index (κ1) is 15.8. The summed E-state index contributed by atoms with van der Waals surface area (Å²) in [6.07, 6.45) is 4.75. The Morgan fingerprint density at radius 1 is 1.20 bits per heavy atom. The number of hydrogen-bond acceptors (Lipinski definition) is 5. The van der Waals surface area contributed by atoms with E-state index in [1.807, 2.05) is 42.2 Å². The predicted molar refractivity (Wildman–Crippen MR) is 98.2 cm³/mol. The van der Waals surface area contributed by atoms with Gasteiger partial charge in [-0.05, 0) is 13.0 Å². The molecule has 1 aliphatic heterocycles. The van der Waals surface area contributed by atoms with Crippen molar-refractivity contribution in [3.05, 3.63) is 59.8 Å². The molecule has 128 valence electrons. The van der Waals surface area contributed by atoms with Gasteiger partial charge in [-0.3, -0.25) is 0 Å². The van der Waals surface area contributed by atoms with Gasteiger partial charge in [-0.2, -0.15) is 0 Å². The number of aryl methyl sites for hydroxylation is 1. The molecule has 1 aliphatic rings. The standard InChI is InChI=1S/C19H22N6/c1-24-11-10-21-17(24)13-25(2)19-15-8-9-20-12-16(15)22-18(23-19)14-6-4-3-5-7-14/h3-7,10-11,20H,8-9,12-13H2,1-2H3. The summed E-state index contributed by atoms with van der Waals surface area (Å²) in [4.78, 5) is 16.4. The molecule has 1 N–H and O–H groups in total. The van der Waals surface area contributed by atoms with Crippen molar-refractivity contribution in [2.45, 2.75) is 19.5 Å². The van der Waals surface area contributed by atoms with Gasteiger partial charge in [-0.15, -0.1) is 0 Å². The van der Waals surface area contributed by atoms with Gasteiger partial charge in [-0.25, -0.2) is 15.0 Å². The molecule has 2 aromatic heterocycles. The Kier molecular flexibility index (Phi) is 4.19. The van der Waals surface area contributed by atoms with Crippen molar-refractivity contribution in [3.63, 3.8) is 0 Å². The Hall–Kier alpha value is -2.73. The van der Waals surface area contributed by atoms with Crippen molar-refractivity contribution >= 4 is 5.82 Å². The van der Waals surface area contributed by atoms with Gasteiger partial charge in [-0.1, -0.05) is 30.3 Å². The van der Waals surface area contributed by atoms with E-state index in [9.17, 15) is 0 Å². The Morgan fingerprint density at radius 3 is 2.80 bits per heavy atom. The monoisotopic (exact) mass is 334 g/mol. The van der Waals surface area contributed by atoms with Crippen molar-refractivity contribution in [2.75, 3.05) is 18.5 Å². The normalized spacial score (nSPS) is 13.5. The van der Waals surface area contributed by atoms with Crippen LogP contribution in [0.5, 0.6) is 0 Å². The lowest BCUT2D eigenvalue weighted by Gasteiger charge is -2.26. The summed E-state index contributed by atoms with van der Waals surface area (Å²) < 4.78 is 2.05. The number of rotatable bonds is 4. The average molecular weight is 334 g/mol. The highest BCUT2D eigenvalue weighted by Crippen LogP contribution is 2.27. The quantitative estimate of drug-likeness (QED) is 0.792. The SMILES string of the molecule is CN(Cc1nccn1C)c1nc(-c2ccccc2)nc2c1CCNC2. The molecule has 0 fully saturated rings. The number of fused-ring (bicyclic) bond motifs is 1. The Labute approximate surface area is 147 Å². The van der Waals surface area contributed by atoms with E-state index >= 15 is 0 Å². The molecule has 0 atom stereocenters. The molecule has 0 aliphatic carbocycles. The fraction of sp³-hybridized carbons (Fsp3) is 0.316. The third-order valence-corrected chi connectivity index (χ3v) is 4.61. The van der Waals surface area contributed by atoms with Gasteiger partial charge >= 0.3 is 0 Å². The molecule has 6 heteroatoms. The molecule has 4 rings (SSSR count). The third-order valence-electron chi connectivity index (χ3n) is 4.61. The summed E-state index contributed by atoms with van der Waals surface area (Å²) in [5, 5.41) is 3.42. The molecule has 3 heterocycles. The second-order valence-corrected chi connectivity index (χ2v) is 6.40. The zero-order valence-electron chi connectivity index (χ0n) is 14.6. The number of benzene rings is 1. The second-order valence-electron chi connectivity index (χ2n) is 6.40. The molecular weight excluding hydrogens is 312 g/mol. The van der Waals surface area contributed by atoms with E-state index in [1.54, 1.807) is 0 Å². The van der Waals surface area contributed by atoms with Crippen molar-refractivity contribution in [1.29, 1.82) is 0 Å². The first-order valence-corrected chi connectivity index (χ1v) is 8.55. The van der Waals surface area contributed by atoms with Crippen molar-refractivity contribution < 1.29 is 0 Å². The van der Waals surface area contributed by atoms with Gasteiger partial charge in [0.15, 0.2) is 5.82 Å². The summed E-state index contributed by atoms with van der Waals surface area (Å²) >= 11 is 0. The maximum Gasteiger partial charge on any atom is 0.161 e. The zero-order chi connectivity index (χ0) is 17.2. The van der Waals surface area contributed by atoms with Crippen LogP contribution in [-0.4, -0.2) is 33.1 Å². The van der Waals surface area contributed by atoms with Crippen LogP contribution in [0.3, 0.4) is 0 Å². The maximum atomic E-state index is 4.92. The average Bonchev–Trinajstić information content (AvgIpc) is 3.06. The fourth-order valence-electron chi connectivity index (χ4n) is 3.21. The van der Waals surface area contributed by atoms with Crippen molar-refractivity contribution in [3.8, 4) is 11.4 Å². The number of nitrogens with one attached hydrogen (secondary N) is 1. The summed E-state index contributed by atoms with van der Waals surface area (Å²) in [6.45, 7) is 2.47. The molecule has 0 amide bonds. The number of hydrogen-bond donors (Lipinski definition) is 1. The van der Waals surface area contributed by atoms with Gasteiger partial charge in [0.1, 0.15) is 11.6 Å². The first-order valence-electron chi connectivity index (χ1n) is 8.55. The second kappa shape index (κ2) is 6.64. The number of aromatic nitrogens is 4. The van der Waals surface area contributed by atoms with Crippen LogP contribution in [0.1, 0.15) is 17.1 Å². The van der Waals surface area contributed by atoms with E-state index in [2.05, 4.69) is 34.4 Å². The van der Waals surface area contributed by atoms with Gasteiger partial charge < -0.3 is 14.8 Å². The van der Waals surface area contributed by atoms with E-state index in [0.717, 1.165) is 48.2 Å². The molecule has 1 aromatic carbocycles. The largest absolute Gasteiger partial charge is 0.352 e. The smallest absolute Gasteiger partial charge is 0.161 e.